The molecule has 174 valence electrons. The zero-order chi connectivity index (χ0) is 24.3. The van der Waals surface area contributed by atoms with Gasteiger partial charge in [0.2, 0.25) is 0 Å². The molecule has 4 aromatic rings. The van der Waals surface area contributed by atoms with E-state index < -0.39 is 6.03 Å². The molecule has 0 aliphatic heterocycles. The maximum Gasteiger partial charge on any atom is 0.324 e. The summed E-state index contributed by atoms with van der Waals surface area (Å²) in [5, 5.41) is 14.6. The summed E-state index contributed by atoms with van der Waals surface area (Å²) >= 11 is 1.42. The Morgan fingerprint density at radius 3 is 2.18 bits per heavy atom. The van der Waals surface area contributed by atoms with E-state index in [2.05, 4.69) is 26.1 Å². The number of amides is 3. The van der Waals surface area contributed by atoms with Gasteiger partial charge in [-0.2, -0.15) is 0 Å². The van der Waals surface area contributed by atoms with Crippen LogP contribution in [-0.2, 0) is 5.41 Å². The molecule has 0 unspecified atom stereocenters. The first-order valence-electron chi connectivity index (χ1n) is 10.7. The molecular weight excluding hydrogens is 450 g/mol. The van der Waals surface area contributed by atoms with Gasteiger partial charge >= 0.3 is 6.03 Å². The minimum absolute atomic E-state index is 0.204. The molecule has 2 aromatic heterocycles. The Kier molecular flexibility index (Phi) is 6.47. The van der Waals surface area contributed by atoms with Crippen molar-refractivity contribution in [1.82, 2.24) is 10.1 Å². The van der Waals surface area contributed by atoms with Crippen LogP contribution < -0.4 is 16.0 Å². The predicted molar refractivity (Wildman–Crippen MR) is 135 cm³/mol. The highest BCUT2D eigenvalue weighted by Gasteiger charge is 2.20. The van der Waals surface area contributed by atoms with E-state index >= 15 is 0 Å². The van der Waals surface area contributed by atoms with Crippen LogP contribution in [0, 0.1) is 6.92 Å². The van der Waals surface area contributed by atoms with Crippen LogP contribution in [0.25, 0.3) is 10.6 Å². The van der Waals surface area contributed by atoms with Crippen LogP contribution in [0.15, 0.2) is 64.5 Å². The number of aryl methyl sites for hydroxylation is 1. The summed E-state index contributed by atoms with van der Waals surface area (Å²) in [6.07, 6.45) is 0. The highest BCUT2D eigenvalue weighted by Crippen LogP contribution is 2.26. The van der Waals surface area contributed by atoms with Crippen LogP contribution in [0.4, 0.5) is 22.0 Å². The van der Waals surface area contributed by atoms with Gasteiger partial charge in [-0.25, -0.2) is 9.78 Å². The van der Waals surface area contributed by atoms with Gasteiger partial charge in [0.05, 0.1) is 0 Å². The fraction of sp³-hybridized carbons (Fsp3) is 0.200. The number of carbonyl (C=O) groups excluding carboxylic acids is 2. The Hall–Kier alpha value is -3.98. The zero-order valence-electron chi connectivity index (χ0n) is 19.3. The molecule has 0 aliphatic rings. The summed E-state index contributed by atoms with van der Waals surface area (Å²) in [5.74, 6) is 0.710. The van der Waals surface area contributed by atoms with Crippen LogP contribution in [0.2, 0.25) is 0 Å². The molecule has 0 radical (unpaired) electrons. The fourth-order valence-corrected chi connectivity index (χ4v) is 3.81. The Morgan fingerprint density at radius 2 is 1.56 bits per heavy atom. The first-order valence-corrected chi connectivity index (χ1v) is 11.5. The number of aromatic nitrogens is 2. The molecule has 0 bridgehead atoms. The Labute approximate surface area is 201 Å². The van der Waals surface area contributed by atoms with E-state index in [9.17, 15) is 9.59 Å². The van der Waals surface area contributed by atoms with Crippen molar-refractivity contribution >= 4 is 40.5 Å². The molecule has 0 saturated heterocycles. The Morgan fingerprint density at radius 1 is 0.912 bits per heavy atom. The molecule has 0 saturated carbocycles. The summed E-state index contributed by atoms with van der Waals surface area (Å²) in [6.45, 7) is 8.01. The second-order valence-corrected chi connectivity index (χ2v) is 9.70. The number of hydrogen-bond donors (Lipinski definition) is 3. The lowest BCUT2D eigenvalue weighted by molar-refractivity contribution is 0.102. The number of nitrogens with one attached hydrogen (secondary N) is 3. The van der Waals surface area contributed by atoms with Crippen molar-refractivity contribution in [1.29, 1.82) is 0 Å². The fourth-order valence-electron chi connectivity index (χ4n) is 3.01. The van der Waals surface area contributed by atoms with Gasteiger partial charge in [0.1, 0.15) is 16.5 Å². The van der Waals surface area contributed by atoms with E-state index in [-0.39, 0.29) is 11.3 Å². The molecule has 3 amide bonds. The lowest BCUT2D eigenvalue weighted by atomic mass is 9.93. The molecule has 2 heterocycles. The van der Waals surface area contributed by atoms with E-state index in [1.165, 1.54) is 16.9 Å². The molecule has 34 heavy (non-hydrogen) atoms. The Balaban J connectivity index is 1.33. The van der Waals surface area contributed by atoms with Crippen molar-refractivity contribution in [2.24, 2.45) is 0 Å². The third-order valence-electron chi connectivity index (χ3n) is 4.93. The summed E-state index contributed by atoms with van der Waals surface area (Å²) in [7, 11) is 0. The number of urea groups is 1. The van der Waals surface area contributed by atoms with Crippen molar-refractivity contribution in [2.75, 3.05) is 16.0 Å². The number of thiazole rings is 1. The SMILES string of the molecule is Cc1ccc(-c2nc(C(=O)Nc3ccc(NC(=O)Nc4cc(C(C)(C)C)on4)cc3)cs2)cc1. The second kappa shape index (κ2) is 9.48. The number of nitrogens with zero attached hydrogens (tertiary/aromatic N) is 2. The predicted octanol–water partition coefficient (Wildman–Crippen LogP) is 6.30. The van der Waals surface area contributed by atoms with Gasteiger partial charge in [0.15, 0.2) is 5.82 Å². The van der Waals surface area contributed by atoms with Crippen molar-refractivity contribution < 1.29 is 14.1 Å². The molecule has 9 heteroatoms. The van der Waals surface area contributed by atoms with Crippen LogP contribution in [0.1, 0.15) is 42.6 Å². The average Bonchev–Trinajstić information content (AvgIpc) is 3.46. The second-order valence-electron chi connectivity index (χ2n) is 8.84. The summed E-state index contributed by atoms with van der Waals surface area (Å²) in [6, 6.07) is 16.0. The lowest BCUT2D eigenvalue weighted by Crippen LogP contribution is -2.19. The molecular formula is C25H25N5O3S. The minimum Gasteiger partial charge on any atom is -0.359 e. The minimum atomic E-state index is -0.448. The van der Waals surface area contributed by atoms with Crippen LogP contribution in [0.3, 0.4) is 0 Å². The lowest BCUT2D eigenvalue weighted by Gasteiger charge is -2.12. The van der Waals surface area contributed by atoms with Gasteiger partial charge in [-0.3, -0.25) is 10.1 Å². The maximum absolute atomic E-state index is 12.6. The van der Waals surface area contributed by atoms with Gasteiger partial charge in [-0.15, -0.1) is 11.3 Å². The molecule has 4 rings (SSSR count). The van der Waals surface area contributed by atoms with E-state index in [0.29, 0.717) is 28.6 Å². The third-order valence-corrected chi connectivity index (χ3v) is 5.82. The van der Waals surface area contributed by atoms with Crippen LogP contribution in [-0.4, -0.2) is 22.1 Å². The van der Waals surface area contributed by atoms with E-state index in [4.69, 9.17) is 4.52 Å². The zero-order valence-corrected chi connectivity index (χ0v) is 20.1. The molecule has 0 atom stereocenters. The maximum atomic E-state index is 12.6. The van der Waals surface area contributed by atoms with Crippen molar-refractivity contribution in [2.45, 2.75) is 33.1 Å². The third kappa shape index (κ3) is 5.68. The van der Waals surface area contributed by atoms with Crippen molar-refractivity contribution in [3.8, 4) is 10.6 Å². The molecule has 0 aliphatic carbocycles. The van der Waals surface area contributed by atoms with E-state index in [1.807, 2.05) is 52.0 Å². The molecule has 0 fully saturated rings. The largest absolute Gasteiger partial charge is 0.359 e. The van der Waals surface area contributed by atoms with Gasteiger partial charge in [0.25, 0.3) is 5.91 Å². The topological polar surface area (TPSA) is 109 Å². The number of hydrogen-bond acceptors (Lipinski definition) is 6. The van der Waals surface area contributed by atoms with Gasteiger partial charge in [0, 0.05) is 33.8 Å². The monoisotopic (exact) mass is 475 g/mol. The quantitative estimate of drug-likeness (QED) is 0.314. The first kappa shape index (κ1) is 23.2. The van der Waals surface area contributed by atoms with Crippen LogP contribution in [0.5, 0.6) is 0 Å². The summed E-state index contributed by atoms with van der Waals surface area (Å²) < 4.78 is 5.26. The highest BCUT2D eigenvalue weighted by molar-refractivity contribution is 7.13. The molecule has 8 nitrogen and oxygen atoms in total. The van der Waals surface area contributed by atoms with E-state index in [1.54, 1.807) is 35.7 Å². The normalized spacial score (nSPS) is 11.2. The number of carbonyl (C=O) groups is 2. The standard InChI is InChI=1S/C25H25N5O3S/c1-15-5-7-16(8-6-15)23-28-19(14-34-23)22(31)26-17-9-11-18(12-10-17)27-24(32)29-21-13-20(33-30-21)25(2,3)4/h5-14H,1-4H3,(H,26,31)(H2,27,29,30,32). The molecule has 2 aromatic carbocycles. The van der Waals surface area contributed by atoms with Crippen molar-refractivity contribution in [3.05, 3.63) is 77.0 Å². The Bertz CT molecular complexity index is 1300. The van der Waals surface area contributed by atoms with Gasteiger partial charge in [-0.1, -0.05) is 55.8 Å². The van der Waals surface area contributed by atoms with Gasteiger partial charge in [-0.05, 0) is 31.2 Å². The molecule has 3 N–H and O–H groups in total. The average molecular weight is 476 g/mol. The van der Waals surface area contributed by atoms with Crippen LogP contribution >= 0.6 is 11.3 Å². The summed E-state index contributed by atoms with van der Waals surface area (Å²) in [5.41, 5.74) is 3.44. The van der Waals surface area contributed by atoms with Crippen molar-refractivity contribution in [3.63, 3.8) is 0 Å². The smallest absolute Gasteiger partial charge is 0.324 e. The number of rotatable bonds is 5. The van der Waals surface area contributed by atoms with Gasteiger partial charge < -0.3 is 15.2 Å². The number of benzene rings is 2. The summed E-state index contributed by atoms with van der Waals surface area (Å²) in [4.78, 5) is 29.3. The first-order chi connectivity index (χ1) is 16.2. The molecule has 0 spiro atoms. The van der Waals surface area contributed by atoms with E-state index in [0.717, 1.165) is 10.6 Å². The highest BCUT2D eigenvalue weighted by atomic mass is 32.1. The number of anilines is 3.